The van der Waals surface area contributed by atoms with Gasteiger partial charge in [0.25, 0.3) is 17.5 Å². The fraction of sp³-hybridized carbons (Fsp3) is 0.0333. The molecule has 0 aromatic heterocycles. The Morgan fingerprint density at radius 1 is 0.841 bits per heavy atom. The van der Waals surface area contributed by atoms with Crippen molar-refractivity contribution in [3.8, 4) is 17.2 Å². The highest BCUT2D eigenvalue weighted by Gasteiger charge is 2.37. The lowest BCUT2D eigenvalue weighted by molar-refractivity contribution is -0.394. The van der Waals surface area contributed by atoms with Crippen LogP contribution in [-0.4, -0.2) is 27.7 Å². The number of urea groups is 1. The second-order valence-corrected chi connectivity index (χ2v) is 10.1. The molecule has 1 aliphatic rings. The molecule has 14 heteroatoms. The van der Waals surface area contributed by atoms with Crippen LogP contribution in [0, 0.1) is 20.2 Å². The number of non-ortho nitro benzene ring substituents is 1. The van der Waals surface area contributed by atoms with Gasteiger partial charge in [-0.15, -0.1) is 0 Å². The van der Waals surface area contributed by atoms with Crippen molar-refractivity contribution in [2.75, 3.05) is 4.90 Å². The summed E-state index contributed by atoms with van der Waals surface area (Å²) in [6.45, 7) is 0.310. The van der Waals surface area contributed by atoms with Gasteiger partial charge in [0.1, 0.15) is 23.7 Å². The average Bonchev–Trinajstić information content (AvgIpc) is 3.00. The minimum atomic E-state index is -0.966. The molecule has 1 fully saturated rings. The van der Waals surface area contributed by atoms with Gasteiger partial charge in [-0.3, -0.25) is 35.1 Å². The maximum absolute atomic E-state index is 13.5. The lowest BCUT2D eigenvalue weighted by Gasteiger charge is -2.26. The predicted octanol–water partition coefficient (Wildman–Crippen LogP) is 6.30. The summed E-state index contributed by atoms with van der Waals surface area (Å²) in [5, 5.41) is 24.8. The van der Waals surface area contributed by atoms with Crippen LogP contribution in [0.15, 0.2) is 101 Å². The van der Waals surface area contributed by atoms with Crippen molar-refractivity contribution < 1.29 is 33.7 Å². The standard InChI is InChI=1S/C30H19BrN4O9/c31-20-6-12-26(44-27-13-9-22(34(39)40)16-25(27)35(41)42)19(14-20)15-24-28(36)32-30(38)33(29(24)37)21-7-10-23(11-8-21)43-17-18-4-2-1-3-5-18/h1-16H,17H2,(H,32,36,38)/b24-15+. The summed E-state index contributed by atoms with van der Waals surface area (Å²) in [7, 11) is 0. The number of nitro benzene ring substituents is 2. The van der Waals surface area contributed by atoms with E-state index in [9.17, 15) is 34.6 Å². The maximum atomic E-state index is 13.5. The van der Waals surface area contributed by atoms with Crippen LogP contribution < -0.4 is 19.7 Å². The quantitative estimate of drug-likeness (QED) is 0.0937. The van der Waals surface area contributed by atoms with Gasteiger partial charge in [0.05, 0.1) is 21.6 Å². The summed E-state index contributed by atoms with van der Waals surface area (Å²) in [6.07, 6.45) is 1.17. The van der Waals surface area contributed by atoms with E-state index in [4.69, 9.17) is 9.47 Å². The second-order valence-electron chi connectivity index (χ2n) is 9.18. The molecule has 5 rings (SSSR count). The van der Waals surface area contributed by atoms with E-state index >= 15 is 0 Å². The number of amides is 4. The molecule has 0 bridgehead atoms. The SMILES string of the molecule is O=C1NC(=O)N(c2ccc(OCc3ccccc3)cc2)C(=O)/C1=C/c1cc(Br)ccc1Oc1ccc([N+](=O)[O-])cc1[N+](=O)[O-]. The van der Waals surface area contributed by atoms with Gasteiger partial charge in [-0.25, -0.2) is 9.69 Å². The highest BCUT2D eigenvalue weighted by Crippen LogP contribution is 2.37. The number of hydrogen-bond donors (Lipinski definition) is 1. The second kappa shape index (κ2) is 12.5. The van der Waals surface area contributed by atoms with Crippen LogP contribution in [0.25, 0.3) is 6.08 Å². The van der Waals surface area contributed by atoms with Gasteiger partial charge in [0, 0.05) is 16.1 Å². The summed E-state index contributed by atoms with van der Waals surface area (Å²) >= 11 is 3.30. The van der Waals surface area contributed by atoms with E-state index in [1.807, 2.05) is 30.3 Å². The number of rotatable bonds is 9. The van der Waals surface area contributed by atoms with Crippen molar-refractivity contribution in [3.05, 3.63) is 132 Å². The number of halogens is 1. The number of carbonyl (C=O) groups is 3. The summed E-state index contributed by atoms with van der Waals surface area (Å²) in [4.78, 5) is 60.9. The topological polar surface area (TPSA) is 171 Å². The Bertz CT molecular complexity index is 1840. The highest BCUT2D eigenvalue weighted by molar-refractivity contribution is 9.10. The monoisotopic (exact) mass is 658 g/mol. The molecular weight excluding hydrogens is 640 g/mol. The van der Waals surface area contributed by atoms with Gasteiger partial charge in [-0.05, 0) is 60.2 Å². The van der Waals surface area contributed by atoms with Crippen LogP contribution in [0.4, 0.5) is 21.9 Å². The van der Waals surface area contributed by atoms with E-state index in [1.54, 1.807) is 18.2 Å². The summed E-state index contributed by atoms with van der Waals surface area (Å²) in [6, 6.07) is 22.0. The molecular formula is C30H19BrN4O9. The first-order valence-electron chi connectivity index (χ1n) is 12.7. The van der Waals surface area contributed by atoms with Crippen molar-refractivity contribution in [1.29, 1.82) is 0 Å². The zero-order valence-electron chi connectivity index (χ0n) is 22.3. The van der Waals surface area contributed by atoms with E-state index < -0.39 is 44.6 Å². The van der Waals surface area contributed by atoms with Gasteiger partial charge in [-0.1, -0.05) is 46.3 Å². The summed E-state index contributed by atoms with van der Waals surface area (Å²) in [5.41, 5.74) is -0.327. The Morgan fingerprint density at radius 2 is 1.55 bits per heavy atom. The Hall–Kier alpha value is -5.89. The first-order valence-corrected chi connectivity index (χ1v) is 13.5. The molecule has 4 aromatic rings. The van der Waals surface area contributed by atoms with Gasteiger partial charge in [0.2, 0.25) is 5.75 Å². The molecule has 0 spiro atoms. The molecule has 0 atom stereocenters. The minimum Gasteiger partial charge on any atom is -0.489 e. The summed E-state index contributed by atoms with van der Waals surface area (Å²) in [5.74, 6) is -1.73. The van der Waals surface area contributed by atoms with Gasteiger partial charge in [0.15, 0.2) is 0 Å². The van der Waals surface area contributed by atoms with E-state index in [2.05, 4.69) is 21.2 Å². The Kier molecular flexibility index (Phi) is 8.44. The van der Waals surface area contributed by atoms with Gasteiger partial charge < -0.3 is 9.47 Å². The molecule has 13 nitrogen and oxygen atoms in total. The molecule has 0 radical (unpaired) electrons. The number of carbonyl (C=O) groups excluding carboxylic acids is 3. The maximum Gasteiger partial charge on any atom is 0.335 e. The predicted molar refractivity (Wildman–Crippen MR) is 160 cm³/mol. The van der Waals surface area contributed by atoms with Crippen molar-refractivity contribution >= 4 is 56.9 Å². The molecule has 0 unspecified atom stereocenters. The zero-order chi connectivity index (χ0) is 31.4. The zero-order valence-corrected chi connectivity index (χ0v) is 23.9. The number of ether oxygens (including phenoxy) is 2. The molecule has 1 heterocycles. The number of imide groups is 2. The normalized spacial score (nSPS) is 13.9. The summed E-state index contributed by atoms with van der Waals surface area (Å²) < 4.78 is 12.0. The first-order chi connectivity index (χ1) is 21.1. The van der Waals surface area contributed by atoms with Crippen LogP contribution in [0.2, 0.25) is 0 Å². The molecule has 1 saturated heterocycles. The van der Waals surface area contributed by atoms with Crippen molar-refractivity contribution in [3.63, 3.8) is 0 Å². The molecule has 0 saturated carbocycles. The fourth-order valence-electron chi connectivity index (χ4n) is 4.17. The molecule has 0 aliphatic carbocycles. The molecule has 44 heavy (non-hydrogen) atoms. The van der Waals surface area contributed by atoms with Crippen LogP contribution in [0.3, 0.4) is 0 Å². The number of hydrogen-bond acceptors (Lipinski definition) is 9. The third-order valence-electron chi connectivity index (χ3n) is 6.29. The number of barbiturate groups is 1. The molecule has 1 N–H and O–H groups in total. The largest absolute Gasteiger partial charge is 0.489 e. The van der Waals surface area contributed by atoms with Crippen LogP contribution in [0.1, 0.15) is 11.1 Å². The third-order valence-corrected chi connectivity index (χ3v) is 6.78. The third kappa shape index (κ3) is 6.44. The number of nitrogens with one attached hydrogen (secondary N) is 1. The van der Waals surface area contributed by atoms with E-state index in [-0.39, 0.29) is 22.7 Å². The van der Waals surface area contributed by atoms with Crippen LogP contribution >= 0.6 is 15.9 Å². The molecule has 4 aromatic carbocycles. The minimum absolute atomic E-state index is 0.0124. The van der Waals surface area contributed by atoms with Crippen LogP contribution in [0.5, 0.6) is 17.2 Å². The Morgan fingerprint density at radius 3 is 2.23 bits per heavy atom. The lowest BCUT2D eigenvalue weighted by atomic mass is 10.1. The van der Waals surface area contributed by atoms with Gasteiger partial charge >= 0.3 is 11.7 Å². The van der Waals surface area contributed by atoms with Crippen molar-refractivity contribution in [1.82, 2.24) is 5.32 Å². The Labute approximate surface area is 256 Å². The molecule has 4 amide bonds. The van der Waals surface area contributed by atoms with Crippen molar-refractivity contribution in [2.45, 2.75) is 6.61 Å². The number of nitrogens with zero attached hydrogens (tertiary/aromatic N) is 3. The Balaban J connectivity index is 1.43. The highest BCUT2D eigenvalue weighted by atomic mass is 79.9. The number of nitro groups is 2. The van der Waals surface area contributed by atoms with Crippen LogP contribution in [-0.2, 0) is 16.2 Å². The molecule has 220 valence electrons. The molecule has 1 aliphatic heterocycles. The lowest BCUT2D eigenvalue weighted by Crippen LogP contribution is -2.54. The number of benzene rings is 4. The van der Waals surface area contributed by atoms with Gasteiger partial charge in [-0.2, -0.15) is 0 Å². The van der Waals surface area contributed by atoms with E-state index in [1.165, 1.54) is 30.3 Å². The average molecular weight is 659 g/mol. The van der Waals surface area contributed by atoms with E-state index in [0.29, 0.717) is 16.8 Å². The first kappa shape index (κ1) is 29.6. The number of anilines is 1. The smallest absolute Gasteiger partial charge is 0.335 e. The van der Waals surface area contributed by atoms with Crippen molar-refractivity contribution in [2.24, 2.45) is 0 Å². The fourth-order valence-corrected chi connectivity index (χ4v) is 4.55. The van der Waals surface area contributed by atoms with E-state index in [0.717, 1.165) is 28.7 Å².